The van der Waals surface area contributed by atoms with Gasteiger partial charge in [-0.15, -0.1) is 0 Å². The van der Waals surface area contributed by atoms with Gasteiger partial charge in [0.1, 0.15) is 0 Å². The molecule has 4 nitrogen and oxygen atoms in total. The van der Waals surface area contributed by atoms with Gasteiger partial charge < -0.3 is 4.57 Å². The highest BCUT2D eigenvalue weighted by molar-refractivity contribution is 5.99. The summed E-state index contributed by atoms with van der Waals surface area (Å²) in [5.74, 6) is 0.254. The van der Waals surface area contributed by atoms with E-state index >= 15 is 0 Å². The van der Waals surface area contributed by atoms with E-state index in [1.165, 1.54) is 0 Å². The number of aromatic nitrogens is 3. The van der Waals surface area contributed by atoms with Crippen molar-refractivity contribution in [2.24, 2.45) is 12.5 Å². The Morgan fingerprint density at radius 2 is 2.11 bits per heavy atom. The Morgan fingerprint density at radius 1 is 1.33 bits per heavy atom. The van der Waals surface area contributed by atoms with Crippen molar-refractivity contribution in [3.05, 3.63) is 35.9 Å². The molecule has 0 aromatic carbocycles. The average Bonchev–Trinajstić information content (AvgIpc) is 2.82. The number of carbonyl (C=O) groups is 1. The third-order valence-electron chi connectivity index (χ3n) is 3.55. The number of ketones is 1. The zero-order valence-corrected chi connectivity index (χ0v) is 11.0. The van der Waals surface area contributed by atoms with Crippen LogP contribution in [0.15, 0.2) is 24.7 Å². The molecule has 0 atom stereocenters. The molecule has 4 heteroatoms. The minimum atomic E-state index is 0.0440. The van der Waals surface area contributed by atoms with Gasteiger partial charge in [0.2, 0.25) is 0 Å². The van der Waals surface area contributed by atoms with Crippen molar-refractivity contribution >= 4 is 5.78 Å². The molecule has 0 saturated carbocycles. The van der Waals surface area contributed by atoms with E-state index in [9.17, 15) is 4.79 Å². The minimum Gasteiger partial charge on any atom is -0.317 e. The first-order valence-corrected chi connectivity index (χ1v) is 6.19. The summed E-state index contributed by atoms with van der Waals surface area (Å²) in [6.45, 7) is 4.29. The standard InChI is InChI=1S/C14H17N3O/c1-14(2)6-12-11(13(18)7-14)4-5-17(12)10-8-15-16(3)9-10/h4-5,8-9H,6-7H2,1-3H3. The fraction of sp³-hybridized carbons (Fsp3) is 0.429. The monoisotopic (exact) mass is 243 g/mol. The molecule has 2 heterocycles. The highest BCUT2D eigenvalue weighted by atomic mass is 16.1. The Bertz CT molecular complexity index is 619. The molecule has 2 aromatic heterocycles. The minimum absolute atomic E-state index is 0.0440. The summed E-state index contributed by atoms with van der Waals surface area (Å²) >= 11 is 0. The van der Waals surface area contributed by atoms with Crippen molar-refractivity contribution in [2.75, 3.05) is 0 Å². The topological polar surface area (TPSA) is 39.8 Å². The first kappa shape index (κ1) is 11.3. The van der Waals surface area contributed by atoms with Crippen LogP contribution in [0.25, 0.3) is 5.69 Å². The first-order valence-electron chi connectivity index (χ1n) is 6.19. The Kier molecular flexibility index (Phi) is 2.24. The van der Waals surface area contributed by atoms with Crippen LogP contribution in [0.3, 0.4) is 0 Å². The number of carbonyl (C=O) groups excluding carboxylic acids is 1. The zero-order valence-electron chi connectivity index (χ0n) is 11.0. The van der Waals surface area contributed by atoms with Crippen LogP contribution in [0, 0.1) is 5.41 Å². The van der Waals surface area contributed by atoms with Gasteiger partial charge in [-0.1, -0.05) is 13.8 Å². The van der Waals surface area contributed by atoms with Crippen LogP contribution in [0.1, 0.15) is 36.3 Å². The molecule has 0 bridgehead atoms. The molecule has 18 heavy (non-hydrogen) atoms. The predicted octanol–water partition coefficient (Wildman–Crippen LogP) is 2.37. The quantitative estimate of drug-likeness (QED) is 0.771. The molecule has 0 radical (unpaired) electrons. The average molecular weight is 243 g/mol. The Morgan fingerprint density at radius 3 is 2.78 bits per heavy atom. The van der Waals surface area contributed by atoms with Gasteiger partial charge in [0.05, 0.1) is 11.9 Å². The van der Waals surface area contributed by atoms with Gasteiger partial charge in [-0.3, -0.25) is 9.48 Å². The van der Waals surface area contributed by atoms with E-state index in [1.54, 1.807) is 4.68 Å². The molecule has 0 amide bonds. The summed E-state index contributed by atoms with van der Waals surface area (Å²) in [5.41, 5.74) is 3.05. The molecule has 0 unspecified atom stereocenters. The molecule has 2 aromatic rings. The number of aryl methyl sites for hydroxylation is 1. The molecular weight excluding hydrogens is 226 g/mol. The van der Waals surface area contributed by atoms with E-state index in [1.807, 2.05) is 31.7 Å². The van der Waals surface area contributed by atoms with Crippen molar-refractivity contribution in [1.82, 2.24) is 14.3 Å². The predicted molar refractivity (Wildman–Crippen MR) is 69.0 cm³/mol. The third kappa shape index (κ3) is 1.68. The number of rotatable bonds is 1. The number of hydrogen-bond donors (Lipinski definition) is 0. The van der Waals surface area contributed by atoms with Crippen LogP contribution in [-0.2, 0) is 13.5 Å². The van der Waals surface area contributed by atoms with E-state index in [-0.39, 0.29) is 11.2 Å². The van der Waals surface area contributed by atoms with Crippen LogP contribution < -0.4 is 0 Å². The maximum atomic E-state index is 12.1. The summed E-state index contributed by atoms with van der Waals surface area (Å²) in [4.78, 5) is 12.1. The van der Waals surface area contributed by atoms with Crippen molar-refractivity contribution in [1.29, 1.82) is 0 Å². The lowest BCUT2D eigenvalue weighted by atomic mass is 9.76. The third-order valence-corrected chi connectivity index (χ3v) is 3.55. The summed E-state index contributed by atoms with van der Waals surface area (Å²) in [7, 11) is 1.90. The van der Waals surface area contributed by atoms with E-state index < -0.39 is 0 Å². The molecule has 0 saturated heterocycles. The van der Waals surface area contributed by atoms with Crippen LogP contribution in [0.2, 0.25) is 0 Å². The van der Waals surface area contributed by atoms with E-state index in [4.69, 9.17) is 0 Å². The summed E-state index contributed by atoms with van der Waals surface area (Å²) in [6.07, 6.45) is 7.33. The molecule has 3 rings (SSSR count). The van der Waals surface area contributed by atoms with Gasteiger partial charge in [0.15, 0.2) is 5.78 Å². The lowest BCUT2D eigenvalue weighted by Gasteiger charge is -2.29. The van der Waals surface area contributed by atoms with E-state index in [0.29, 0.717) is 6.42 Å². The Balaban J connectivity index is 2.12. The molecule has 0 spiro atoms. The maximum absolute atomic E-state index is 12.1. The van der Waals surface area contributed by atoms with E-state index in [0.717, 1.165) is 23.4 Å². The van der Waals surface area contributed by atoms with Crippen molar-refractivity contribution in [3.8, 4) is 5.69 Å². The molecule has 1 aliphatic carbocycles. The summed E-state index contributed by atoms with van der Waals surface area (Å²) in [5, 5.41) is 4.19. The van der Waals surface area contributed by atoms with Crippen molar-refractivity contribution < 1.29 is 4.79 Å². The van der Waals surface area contributed by atoms with Gasteiger partial charge in [0.25, 0.3) is 0 Å². The van der Waals surface area contributed by atoms with Crippen LogP contribution in [-0.4, -0.2) is 20.1 Å². The Labute approximate surface area is 106 Å². The lowest BCUT2D eigenvalue weighted by molar-refractivity contribution is 0.0911. The van der Waals surface area contributed by atoms with E-state index in [2.05, 4.69) is 23.5 Å². The lowest BCUT2D eigenvalue weighted by Crippen LogP contribution is -2.27. The van der Waals surface area contributed by atoms with Gasteiger partial charge in [-0.05, 0) is 17.9 Å². The van der Waals surface area contributed by atoms with Gasteiger partial charge in [0, 0.05) is 37.1 Å². The van der Waals surface area contributed by atoms with Crippen molar-refractivity contribution in [2.45, 2.75) is 26.7 Å². The zero-order chi connectivity index (χ0) is 12.9. The molecule has 1 aliphatic rings. The number of Topliss-reactive ketones (excluding diaryl/α,β-unsaturated/α-hetero) is 1. The normalized spacial score (nSPS) is 17.8. The largest absolute Gasteiger partial charge is 0.317 e. The number of nitrogens with zero attached hydrogens (tertiary/aromatic N) is 3. The summed E-state index contributed by atoms with van der Waals surface area (Å²) < 4.78 is 3.86. The highest BCUT2D eigenvalue weighted by Crippen LogP contribution is 2.36. The van der Waals surface area contributed by atoms with Crippen LogP contribution >= 0.6 is 0 Å². The SMILES string of the molecule is Cn1cc(-n2ccc3c2CC(C)(C)CC3=O)cn1. The molecule has 0 N–H and O–H groups in total. The number of fused-ring (bicyclic) bond motifs is 1. The number of hydrogen-bond acceptors (Lipinski definition) is 2. The van der Waals surface area contributed by atoms with Crippen LogP contribution in [0.5, 0.6) is 0 Å². The highest BCUT2D eigenvalue weighted by Gasteiger charge is 2.33. The first-order chi connectivity index (χ1) is 8.46. The summed E-state index contributed by atoms with van der Waals surface area (Å²) in [6, 6.07) is 1.93. The fourth-order valence-corrected chi connectivity index (χ4v) is 2.72. The smallest absolute Gasteiger partial charge is 0.165 e. The van der Waals surface area contributed by atoms with Gasteiger partial charge >= 0.3 is 0 Å². The fourth-order valence-electron chi connectivity index (χ4n) is 2.72. The van der Waals surface area contributed by atoms with Gasteiger partial charge in [-0.25, -0.2) is 0 Å². The molecule has 0 aliphatic heterocycles. The molecular formula is C14H17N3O. The second-order valence-corrected chi connectivity index (χ2v) is 5.86. The molecule has 0 fully saturated rings. The second-order valence-electron chi connectivity index (χ2n) is 5.86. The van der Waals surface area contributed by atoms with Gasteiger partial charge in [-0.2, -0.15) is 5.10 Å². The Hall–Kier alpha value is -1.84. The second kappa shape index (κ2) is 3.57. The maximum Gasteiger partial charge on any atom is 0.165 e. The molecule has 94 valence electrons. The van der Waals surface area contributed by atoms with Crippen LogP contribution in [0.4, 0.5) is 0 Å². The van der Waals surface area contributed by atoms with Crippen molar-refractivity contribution in [3.63, 3.8) is 0 Å².